The normalized spacial score (nSPS) is 10.6. The number of hydrogen-bond acceptors (Lipinski definition) is 6. The fourth-order valence-electron chi connectivity index (χ4n) is 2.14. The molecule has 0 aliphatic heterocycles. The highest BCUT2D eigenvalue weighted by Crippen LogP contribution is 2.28. The number of nitrogens with one attached hydrogen (secondary N) is 1. The third kappa shape index (κ3) is 3.18. The number of aromatic nitrogens is 2. The summed E-state index contributed by atoms with van der Waals surface area (Å²) in [6.07, 6.45) is 0. The minimum atomic E-state index is -0.572. The van der Waals surface area contributed by atoms with Crippen molar-refractivity contribution in [1.82, 2.24) is 10.2 Å². The highest BCUT2D eigenvalue weighted by Gasteiger charge is 2.16. The SMILES string of the molecule is Cc1nnc(-c2ccc(C(=O)Nc3sc(C)cc3C(N)=O)cc2)o1. The Labute approximate surface area is 141 Å². The number of carbonyl (C=O) groups is 2. The quantitative estimate of drug-likeness (QED) is 0.757. The van der Waals surface area contributed by atoms with Crippen LogP contribution in [0.2, 0.25) is 0 Å². The van der Waals surface area contributed by atoms with Crippen molar-refractivity contribution in [2.75, 3.05) is 5.32 Å². The van der Waals surface area contributed by atoms with E-state index in [0.717, 1.165) is 10.4 Å². The molecule has 0 radical (unpaired) electrons. The lowest BCUT2D eigenvalue weighted by Gasteiger charge is -2.05. The summed E-state index contributed by atoms with van der Waals surface area (Å²) in [5.74, 6) is -0.0346. The summed E-state index contributed by atoms with van der Waals surface area (Å²) < 4.78 is 5.34. The first-order valence-electron chi connectivity index (χ1n) is 7.06. The predicted octanol–water partition coefficient (Wildman–Crippen LogP) is 2.77. The van der Waals surface area contributed by atoms with E-state index < -0.39 is 5.91 Å². The maximum atomic E-state index is 12.3. The molecule has 2 heterocycles. The van der Waals surface area contributed by atoms with Gasteiger partial charge in [0.05, 0.1) is 5.56 Å². The number of nitrogens with two attached hydrogens (primary N) is 1. The van der Waals surface area contributed by atoms with Gasteiger partial charge >= 0.3 is 0 Å². The lowest BCUT2D eigenvalue weighted by Crippen LogP contribution is -2.16. The van der Waals surface area contributed by atoms with Gasteiger partial charge in [-0.05, 0) is 37.3 Å². The average Bonchev–Trinajstić information content (AvgIpc) is 3.13. The number of benzene rings is 1. The van der Waals surface area contributed by atoms with Crippen molar-refractivity contribution in [1.29, 1.82) is 0 Å². The molecule has 0 aliphatic carbocycles. The van der Waals surface area contributed by atoms with Gasteiger partial charge in [-0.15, -0.1) is 21.5 Å². The molecule has 1 aromatic carbocycles. The smallest absolute Gasteiger partial charge is 0.256 e. The monoisotopic (exact) mass is 342 g/mol. The number of rotatable bonds is 4. The van der Waals surface area contributed by atoms with Crippen molar-refractivity contribution in [3.63, 3.8) is 0 Å². The Morgan fingerprint density at radius 2 is 1.88 bits per heavy atom. The number of anilines is 1. The van der Waals surface area contributed by atoms with E-state index >= 15 is 0 Å². The minimum Gasteiger partial charge on any atom is -0.421 e. The molecule has 0 saturated carbocycles. The Morgan fingerprint density at radius 1 is 1.17 bits per heavy atom. The first kappa shape index (κ1) is 15.9. The van der Waals surface area contributed by atoms with E-state index in [1.54, 1.807) is 37.3 Å². The Kier molecular flexibility index (Phi) is 4.13. The van der Waals surface area contributed by atoms with Gasteiger partial charge in [-0.2, -0.15) is 0 Å². The molecule has 24 heavy (non-hydrogen) atoms. The molecule has 122 valence electrons. The summed E-state index contributed by atoms with van der Waals surface area (Å²) in [5, 5.41) is 10.9. The van der Waals surface area contributed by atoms with Gasteiger partial charge in [0.25, 0.3) is 11.8 Å². The van der Waals surface area contributed by atoms with Crippen molar-refractivity contribution < 1.29 is 14.0 Å². The summed E-state index contributed by atoms with van der Waals surface area (Å²) in [6, 6.07) is 8.39. The van der Waals surface area contributed by atoms with Crippen LogP contribution in [-0.4, -0.2) is 22.0 Å². The van der Waals surface area contributed by atoms with Crippen molar-refractivity contribution in [2.24, 2.45) is 5.73 Å². The second-order valence-corrected chi connectivity index (χ2v) is 6.38. The topological polar surface area (TPSA) is 111 Å². The maximum absolute atomic E-state index is 12.3. The van der Waals surface area contributed by atoms with Gasteiger partial charge in [-0.1, -0.05) is 0 Å². The molecule has 0 aliphatic rings. The second kappa shape index (κ2) is 6.25. The van der Waals surface area contributed by atoms with Crippen LogP contribution in [0.25, 0.3) is 11.5 Å². The molecule has 7 nitrogen and oxygen atoms in total. The number of nitrogens with zero attached hydrogens (tertiary/aromatic N) is 2. The van der Waals surface area contributed by atoms with Gasteiger partial charge in [-0.25, -0.2) is 0 Å². The molecule has 3 aromatic rings. The summed E-state index contributed by atoms with van der Waals surface area (Å²) in [6.45, 7) is 3.55. The van der Waals surface area contributed by atoms with Gasteiger partial charge in [0, 0.05) is 22.9 Å². The van der Waals surface area contributed by atoms with Crippen LogP contribution in [0, 0.1) is 13.8 Å². The minimum absolute atomic E-state index is 0.309. The second-order valence-electron chi connectivity index (χ2n) is 5.12. The van der Waals surface area contributed by atoms with Crippen LogP contribution < -0.4 is 11.1 Å². The van der Waals surface area contributed by atoms with E-state index in [0.29, 0.717) is 27.9 Å². The Hall–Kier alpha value is -3.00. The average molecular weight is 342 g/mol. The lowest BCUT2D eigenvalue weighted by atomic mass is 10.1. The fourth-order valence-corrected chi connectivity index (χ4v) is 3.05. The number of carbonyl (C=O) groups excluding carboxylic acids is 2. The third-order valence-electron chi connectivity index (χ3n) is 3.27. The number of thiophene rings is 1. The highest BCUT2D eigenvalue weighted by molar-refractivity contribution is 7.16. The van der Waals surface area contributed by atoms with E-state index in [1.165, 1.54) is 11.3 Å². The first-order chi connectivity index (χ1) is 11.4. The summed E-state index contributed by atoms with van der Waals surface area (Å²) >= 11 is 1.30. The summed E-state index contributed by atoms with van der Waals surface area (Å²) in [7, 11) is 0. The molecular weight excluding hydrogens is 328 g/mol. The van der Waals surface area contributed by atoms with E-state index in [4.69, 9.17) is 10.2 Å². The summed E-state index contributed by atoms with van der Waals surface area (Å²) in [4.78, 5) is 24.6. The molecule has 0 saturated heterocycles. The third-order valence-corrected chi connectivity index (χ3v) is 4.23. The van der Waals surface area contributed by atoms with Gasteiger partial charge in [0.2, 0.25) is 11.8 Å². The van der Waals surface area contributed by atoms with Gasteiger partial charge in [0.1, 0.15) is 5.00 Å². The zero-order valence-corrected chi connectivity index (χ0v) is 13.8. The van der Waals surface area contributed by atoms with Crippen molar-refractivity contribution in [3.05, 3.63) is 52.2 Å². The summed E-state index contributed by atoms with van der Waals surface area (Å²) in [5.41, 5.74) is 6.79. The highest BCUT2D eigenvalue weighted by atomic mass is 32.1. The fraction of sp³-hybridized carbons (Fsp3) is 0.125. The van der Waals surface area contributed by atoms with Crippen LogP contribution in [-0.2, 0) is 0 Å². The molecule has 2 aromatic heterocycles. The van der Waals surface area contributed by atoms with Crippen LogP contribution in [0.1, 0.15) is 31.5 Å². The number of hydrogen-bond donors (Lipinski definition) is 2. The van der Waals surface area contributed by atoms with E-state index in [1.807, 2.05) is 6.92 Å². The molecule has 0 fully saturated rings. The zero-order valence-electron chi connectivity index (χ0n) is 13.0. The van der Waals surface area contributed by atoms with Crippen LogP contribution in [0.5, 0.6) is 0 Å². The Balaban J connectivity index is 1.80. The zero-order chi connectivity index (χ0) is 17.3. The number of primary amides is 1. The van der Waals surface area contributed by atoms with Crippen LogP contribution in [0.15, 0.2) is 34.7 Å². The molecule has 3 N–H and O–H groups in total. The first-order valence-corrected chi connectivity index (χ1v) is 7.88. The number of aryl methyl sites for hydroxylation is 2. The van der Waals surface area contributed by atoms with Gasteiger partial charge < -0.3 is 15.5 Å². The largest absolute Gasteiger partial charge is 0.421 e. The van der Waals surface area contributed by atoms with Crippen LogP contribution in [0.4, 0.5) is 5.00 Å². The lowest BCUT2D eigenvalue weighted by molar-refractivity contribution is 0.100. The molecular formula is C16H14N4O3S. The van der Waals surface area contributed by atoms with E-state index in [2.05, 4.69) is 15.5 Å². The van der Waals surface area contributed by atoms with Crippen molar-refractivity contribution in [2.45, 2.75) is 13.8 Å². The van der Waals surface area contributed by atoms with E-state index in [-0.39, 0.29) is 5.91 Å². The van der Waals surface area contributed by atoms with Gasteiger partial charge in [0.15, 0.2) is 0 Å². The van der Waals surface area contributed by atoms with Crippen LogP contribution in [0.3, 0.4) is 0 Å². The molecule has 2 amide bonds. The molecule has 8 heteroatoms. The molecule has 0 spiro atoms. The van der Waals surface area contributed by atoms with Crippen molar-refractivity contribution >= 4 is 28.2 Å². The van der Waals surface area contributed by atoms with E-state index in [9.17, 15) is 9.59 Å². The molecule has 3 rings (SSSR count). The Bertz CT molecular complexity index is 912. The van der Waals surface area contributed by atoms with Gasteiger partial charge in [-0.3, -0.25) is 9.59 Å². The maximum Gasteiger partial charge on any atom is 0.256 e. The molecule has 0 atom stereocenters. The molecule has 0 bridgehead atoms. The number of amides is 2. The standard InChI is InChI=1S/C16H14N4O3S/c1-8-7-12(13(17)21)16(24-8)18-14(22)10-3-5-11(6-4-10)15-20-19-9(2)23-15/h3-7H,1-2H3,(H2,17,21)(H,18,22). The predicted molar refractivity (Wildman–Crippen MR) is 90.0 cm³/mol. The van der Waals surface area contributed by atoms with Crippen LogP contribution >= 0.6 is 11.3 Å². The molecule has 0 unspecified atom stereocenters. The Morgan fingerprint density at radius 3 is 2.46 bits per heavy atom. The van der Waals surface area contributed by atoms with Crippen molar-refractivity contribution in [3.8, 4) is 11.5 Å².